The third-order valence-electron chi connectivity index (χ3n) is 1.68. The van der Waals surface area contributed by atoms with Crippen molar-refractivity contribution in [1.82, 2.24) is 0 Å². The Balaban J connectivity index is 2.50. The Morgan fingerprint density at radius 3 is 2.31 bits per heavy atom. The fourth-order valence-electron chi connectivity index (χ4n) is 1.01. The SMILES string of the molecule is [C]1=CCC=CC=CC=CC=CCC1. The Bertz CT molecular complexity index is 249. The number of hydrogen-bond acceptors (Lipinski definition) is 0. The topological polar surface area (TPSA) is 0 Å². The molecule has 0 fully saturated rings. The van der Waals surface area contributed by atoms with Crippen LogP contribution in [0, 0.1) is 6.08 Å². The summed E-state index contributed by atoms with van der Waals surface area (Å²) in [5.41, 5.74) is 0. The van der Waals surface area contributed by atoms with Gasteiger partial charge in [0.1, 0.15) is 0 Å². The van der Waals surface area contributed by atoms with Gasteiger partial charge in [-0.25, -0.2) is 0 Å². The molecule has 1 rings (SSSR count). The first-order valence-corrected chi connectivity index (χ1v) is 4.70. The van der Waals surface area contributed by atoms with Gasteiger partial charge in [-0.1, -0.05) is 54.7 Å². The third-order valence-corrected chi connectivity index (χ3v) is 1.68. The molecule has 0 saturated heterocycles. The minimum atomic E-state index is 0.984. The average Bonchev–Trinajstić information content (AvgIpc) is 2.18. The molecule has 13 heavy (non-hydrogen) atoms. The Morgan fingerprint density at radius 2 is 1.46 bits per heavy atom. The largest absolute Gasteiger partial charge is 0.0842 e. The maximum atomic E-state index is 3.25. The van der Waals surface area contributed by atoms with Gasteiger partial charge in [0.2, 0.25) is 0 Å². The van der Waals surface area contributed by atoms with Crippen molar-refractivity contribution in [3.8, 4) is 0 Å². The molecule has 0 unspecified atom stereocenters. The molecular formula is C13H15. The molecule has 0 nitrogen and oxygen atoms in total. The average molecular weight is 171 g/mol. The normalized spacial score (nSPS) is 17.8. The van der Waals surface area contributed by atoms with Crippen molar-refractivity contribution in [3.63, 3.8) is 0 Å². The van der Waals surface area contributed by atoms with Gasteiger partial charge in [-0.05, 0) is 25.3 Å². The highest BCUT2D eigenvalue weighted by atomic mass is 13.8. The van der Waals surface area contributed by atoms with E-state index in [1.165, 1.54) is 0 Å². The fourth-order valence-corrected chi connectivity index (χ4v) is 1.01. The molecule has 1 radical (unpaired) electrons. The Morgan fingerprint density at radius 1 is 0.769 bits per heavy atom. The maximum Gasteiger partial charge on any atom is -0.0160 e. The molecule has 1 aliphatic rings. The van der Waals surface area contributed by atoms with E-state index >= 15 is 0 Å². The summed E-state index contributed by atoms with van der Waals surface area (Å²) in [6.45, 7) is 0. The quantitative estimate of drug-likeness (QED) is 0.520. The number of rotatable bonds is 0. The molecule has 0 aromatic rings. The first-order chi connectivity index (χ1) is 6.50. The van der Waals surface area contributed by atoms with Crippen LogP contribution in [0.4, 0.5) is 0 Å². The van der Waals surface area contributed by atoms with Crippen LogP contribution >= 0.6 is 0 Å². The van der Waals surface area contributed by atoms with Crippen LogP contribution in [0.15, 0.2) is 54.7 Å². The Kier molecular flexibility index (Phi) is 5.54. The molecule has 0 N–H and O–H groups in total. The second-order valence-electron chi connectivity index (χ2n) is 2.81. The van der Waals surface area contributed by atoms with Gasteiger partial charge in [-0.3, -0.25) is 0 Å². The van der Waals surface area contributed by atoms with Gasteiger partial charge < -0.3 is 0 Å². The second-order valence-corrected chi connectivity index (χ2v) is 2.81. The molecule has 0 heterocycles. The molecule has 0 aromatic heterocycles. The van der Waals surface area contributed by atoms with Crippen molar-refractivity contribution in [1.29, 1.82) is 0 Å². The van der Waals surface area contributed by atoms with Gasteiger partial charge in [-0.15, -0.1) is 0 Å². The highest BCUT2D eigenvalue weighted by Crippen LogP contribution is 1.96. The van der Waals surface area contributed by atoms with E-state index in [1.807, 2.05) is 24.3 Å². The Hall–Kier alpha value is -1.30. The molecule has 0 spiro atoms. The lowest BCUT2D eigenvalue weighted by Gasteiger charge is -1.84. The van der Waals surface area contributed by atoms with E-state index in [1.54, 1.807) is 0 Å². The molecule has 0 heteroatoms. The van der Waals surface area contributed by atoms with Crippen molar-refractivity contribution in [2.24, 2.45) is 0 Å². The lowest BCUT2D eigenvalue weighted by molar-refractivity contribution is 1.02. The van der Waals surface area contributed by atoms with Crippen molar-refractivity contribution in [2.45, 2.75) is 19.3 Å². The summed E-state index contributed by atoms with van der Waals surface area (Å²) in [5.74, 6) is 0. The lowest BCUT2D eigenvalue weighted by Crippen LogP contribution is -1.65. The molecule has 0 saturated carbocycles. The number of hydrogen-bond donors (Lipinski definition) is 0. The minimum Gasteiger partial charge on any atom is -0.0842 e. The summed E-state index contributed by atoms with van der Waals surface area (Å²) in [5, 5.41) is 0. The van der Waals surface area contributed by atoms with Crippen LogP contribution in [0.25, 0.3) is 0 Å². The molecule has 67 valence electrons. The summed E-state index contributed by atoms with van der Waals surface area (Å²) in [7, 11) is 0. The first-order valence-electron chi connectivity index (χ1n) is 4.70. The highest BCUT2D eigenvalue weighted by molar-refractivity contribution is 5.16. The highest BCUT2D eigenvalue weighted by Gasteiger charge is 1.76. The van der Waals surface area contributed by atoms with Crippen molar-refractivity contribution < 1.29 is 0 Å². The van der Waals surface area contributed by atoms with Gasteiger partial charge in [0.05, 0.1) is 0 Å². The predicted octanol–water partition coefficient (Wildman–Crippen LogP) is 3.75. The smallest absolute Gasteiger partial charge is 0.0160 e. The van der Waals surface area contributed by atoms with Gasteiger partial charge in [0.25, 0.3) is 0 Å². The summed E-state index contributed by atoms with van der Waals surface area (Å²) in [6, 6.07) is 0. The third kappa shape index (κ3) is 5.92. The molecule has 0 atom stereocenters. The van der Waals surface area contributed by atoms with E-state index in [0.717, 1.165) is 19.3 Å². The van der Waals surface area contributed by atoms with Crippen LogP contribution in [0.2, 0.25) is 0 Å². The van der Waals surface area contributed by atoms with E-state index < -0.39 is 0 Å². The van der Waals surface area contributed by atoms with Gasteiger partial charge in [-0.2, -0.15) is 0 Å². The summed E-state index contributed by atoms with van der Waals surface area (Å²) in [4.78, 5) is 0. The van der Waals surface area contributed by atoms with Crippen LogP contribution in [0.3, 0.4) is 0 Å². The maximum absolute atomic E-state index is 3.25. The fraction of sp³-hybridized carbons (Fsp3) is 0.231. The van der Waals surface area contributed by atoms with Crippen LogP contribution in [0.5, 0.6) is 0 Å². The van der Waals surface area contributed by atoms with E-state index in [9.17, 15) is 0 Å². The van der Waals surface area contributed by atoms with Crippen molar-refractivity contribution in [3.05, 3.63) is 60.8 Å². The summed E-state index contributed by atoms with van der Waals surface area (Å²) in [6.07, 6.45) is 25.0. The summed E-state index contributed by atoms with van der Waals surface area (Å²) < 4.78 is 0. The number of allylic oxidation sites excluding steroid dienone is 10. The van der Waals surface area contributed by atoms with E-state index in [-0.39, 0.29) is 0 Å². The molecule has 0 amide bonds. The van der Waals surface area contributed by atoms with Crippen LogP contribution in [0.1, 0.15) is 19.3 Å². The predicted molar refractivity (Wildman–Crippen MR) is 58.2 cm³/mol. The Labute approximate surface area is 80.7 Å². The van der Waals surface area contributed by atoms with E-state index in [2.05, 4.69) is 36.5 Å². The van der Waals surface area contributed by atoms with Crippen LogP contribution in [-0.2, 0) is 0 Å². The molecule has 0 bridgehead atoms. The van der Waals surface area contributed by atoms with Crippen LogP contribution in [-0.4, -0.2) is 0 Å². The van der Waals surface area contributed by atoms with Crippen molar-refractivity contribution >= 4 is 0 Å². The summed E-state index contributed by atoms with van der Waals surface area (Å²) >= 11 is 0. The molecule has 0 aliphatic heterocycles. The molecular weight excluding hydrogens is 156 g/mol. The zero-order valence-corrected chi connectivity index (χ0v) is 7.82. The zero-order valence-electron chi connectivity index (χ0n) is 7.82. The van der Waals surface area contributed by atoms with Crippen LogP contribution < -0.4 is 0 Å². The zero-order chi connectivity index (χ0) is 9.19. The van der Waals surface area contributed by atoms with Gasteiger partial charge >= 0.3 is 0 Å². The van der Waals surface area contributed by atoms with Gasteiger partial charge in [0.15, 0.2) is 0 Å². The standard InChI is InChI=1S/C13H15/c1-2-4-6-8-10-12-13-11-9-7-5-3-1/h1-8,11H,9-10,12H2. The van der Waals surface area contributed by atoms with E-state index in [4.69, 9.17) is 0 Å². The van der Waals surface area contributed by atoms with E-state index in [0.29, 0.717) is 0 Å². The monoisotopic (exact) mass is 171 g/mol. The second kappa shape index (κ2) is 7.35. The van der Waals surface area contributed by atoms with Gasteiger partial charge in [0, 0.05) is 0 Å². The lowest BCUT2D eigenvalue weighted by atomic mass is 10.2. The molecule has 0 aromatic carbocycles. The van der Waals surface area contributed by atoms with Crippen molar-refractivity contribution in [2.75, 3.05) is 0 Å². The first kappa shape index (κ1) is 9.79. The minimum absolute atomic E-state index is 0.984. The molecule has 1 aliphatic carbocycles.